The van der Waals surface area contributed by atoms with Gasteiger partial charge in [-0.1, -0.05) is 0 Å². The fourth-order valence-corrected chi connectivity index (χ4v) is 2.09. The Morgan fingerprint density at radius 1 is 1.32 bits per heavy atom. The molecule has 0 saturated carbocycles. The van der Waals surface area contributed by atoms with Gasteiger partial charge in [-0.25, -0.2) is 4.79 Å². The van der Waals surface area contributed by atoms with Crippen LogP contribution in [0.15, 0.2) is 6.07 Å². The van der Waals surface area contributed by atoms with Crippen LogP contribution < -0.4 is 14.2 Å². The molecule has 122 valence electrons. The molecule has 22 heavy (non-hydrogen) atoms. The van der Waals surface area contributed by atoms with E-state index in [4.69, 9.17) is 23.7 Å². The lowest BCUT2D eigenvalue weighted by atomic mass is 10.0. The van der Waals surface area contributed by atoms with Crippen LogP contribution in [0.1, 0.15) is 31.1 Å². The number of carbonyl (C=O) groups excluding carboxylic acids is 1. The summed E-state index contributed by atoms with van der Waals surface area (Å²) in [5.74, 6) is 0.491. The van der Waals surface area contributed by atoms with E-state index in [0.717, 1.165) is 0 Å². The average Bonchev–Trinajstić information content (AvgIpc) is 2.99. The molecule has 0 aliphatic carbocycles. The topological polar surface area (TPSA) is 83.5 Å². The van der Waals surface area contributed by atoms with Crippen LogP contribution >= 0.6 is 0 Å². The molecule has 0 spiro atoms. The van der Waals surface area contributed by atoms with E-state index in [2.05, 4.69) is 0 Å². The first kappa shape index (κ1) is 16.4. The van der Waals surface area contributed by atoms with Crippen molar-refractivity contribution in [2.24, 2.45) is 0 Å². The SMILES string of the molecule is CCOCOc1cc(C(O)C(=O)OCC)c2c(c1C)OCO2. The summed E-state index contributed by atoms with van der Waals surface area (Å²) in [7, 11) is 0. The predicted molar refractivity (Wildman–Crippen MR) is 76.0 cm³/mol. The minimum absolute atomic E-state index is 0.0215. The molecule has 0 radical (unpaired) electrons. The zero-order chi connectivity index (χ0) is 16.1. The molecule has 1 aromatic rings. The highest BCUT2D eigenvalue weighted by Gasteiger charge is 2.31. The number of hydrogen-bond donors (Lipinski definition) is 1. The molecule has 0 amide bonds. The summed E-state index contributed by atoms with van der Waals surface area (Å²) in [5.41, 5.74) is 0.968. The maximum atomic E-state index is 11.8. The largest absolute Gasteiger partial charge is 0.467 e. The molecule has 0 aromatic heterocycles. The second-order valence-corrected chi connectivity index (χ2v) is 4.56. The third kappa shape index (κ3) is 3.26. The second kappa shape index (κ2) is 7.33. The van der Waals surface area contributed by atoms with Crippen molar-refractivity contribution < 1.29 is 33.6 Å². The van der Waals surface area contributed by atoms with Crippen LogP contribution in [-0.4, -0.2) is 37.9 Å². The summed E-state index contributed by atoms with van der Waals surface area (Å²) in [6.45, 7) is 6.10. The number of aliphatic hydroxyl groups excluding tert-OH is 1. The highest BCUT2D eigenvalue weighted by Crippen LogP contribution is 2.45. The Hall–Kier alpha value is -1.99. The van der Waals surface area contributed by atoms with Gasteiger partial charge in [0.1, 0.15) is 5.75 Å². The van der Waals surface area contributed by atoms with Crippen molar-refractivity contribution >= 4 is 5.97 Å². The second-order valence-electron chi connectivity index (χ2n) is 4.56. The maximum Gasteiger partial charge on any atom is 0.339 e. The summed E-state index contributed by atoms with van der Waals surface area (Å²) in [6, 6.07) is 1.55. The van der Waals surface area contributed by atoms with Crippen LogP contribution in [0.2, 0.25) is 0 Å². The van der Waals surface area contributed by atoms with Gasteiger partial charge in [0, 0.05) is 17.7 Å². The van der Waals surface area contributed by atoms with Gasteiger partial charge in [0.05, 0.1) is 6.61 Å². The summed E-state index contributed by atoms with van der Waals surface area (Å²) in [5, 5.41) is 10.2. The Balaban J connectivity index is 2.34. The van der Waals surface area contributed by atoms with Gasteiger partial charge in [-0.15, -0.1) is 0 Å². The number of ether oxygens (including phenoxy) is 5. The van der Waals surface area contributed by atoms with Crippen molar-refractivity contribution in [2.75, 3.05) is 26.8 Å². The standard InChI is InChI=1S/C15H20O7/c1-4-18-7-20-11-6-10(12(16)15(17)19-5-2)14-13(9(11)3)21-8-22-14/h6,12,16H,4-5,7-8H2,1-3H3. The first-order chi connectivity index (χ1) is 10.6. The molecule has 0 fully saturated rings. The number of aliphatic hydroxyl groups is 1. The summed E-state index contributed by atoms with van der Waals surface area (Å²) < 4.78 is 26.3. The van der Waals surface area contributed by atoms with Crippen molar-refractivity contribution in [3.05, 3.63) is 17.2 Å². The number of rotatable bonds is 7. The zero-order valence-corrected chi connectivity index (χ0v) is 12.9. The fourth-order valence-electron chi connectivity index (χ4n) is 2.09. The van der Waals surface area contributed by atoms with Gasteiger partial charge in [0.15, 0.2) is 24.4 Å². The summed E-state index contributed by atoms with van der Waals surface area (Å²) in [4.78, 5) is 11.8. The van der Waals surface area contributed by atoms with Gasteiger partial charge in [0.2, 0.25) is 6.79 Å². The first-order valence-electron chi connectivity index (χ1n) is 7.08. The molecule has 7 nitrogen and oxygen atoms in total. The van der Waals surface area contributed by atoms with E-state index in [-0.39, 0.29) is 25.8 Å². The van der Waals surface area contributed by atoms with Crippen molar-refractivity contribution in [1.29, 1.82) is 0 Å². The van der Waals surface area contributed by atoms with E-state index in [0.29, 0.717) is 29.4 Å². The molecule has 0 bridgehead atoms. The number of fused-ring (bicyclic) bond motifs is 1. The third-order valence-electron chi connectivity index (χ3n) is 3.18. The van der Waals surface area contributed by atoms with E-state index in [9.17, 15) is 9.90 Å². The van der Waals surface area contributed by atoms with Gasteiger partial charge in [-0.2, -0.15) is 0 Å². The average molecular weight is 312 g/mol. The number of hydrogen-bond acceptors (Lipinski definition) is 7. The maximum absolute atomic E-state index is 11.8. The van der Waals surface area contributed by atoms with Gasteiger partial charge in [-0.05, 0) is 26.8 Å². The van der Waals surface area contributed by atoms with Crippen LogP contribution in [0.3, 0.4) is 0 Å². The minimum atomic E-state index is -1.47. The van der Waals surface area contributed by atoms with Gasteiger partial charge >= 0.3 is 5.97 Å². The highest BCUT2D eigenvalue weighted by atomic mass is 16.7. The Morgan fingerprint density at radius 2 is 2.05 bits per heavy atom. The van der Waals surface area contributed by atoms with Crippen LogP contribution in [0.4, 0.5) is 0 Å². The lowest BCUT2D eigenvalue weighted by Gasteiger charge is -2.16. The van der Waals surface area contributed by atoms with Crippen LogP contribution in [0.25, 0.3) is 0 Å². The molecular formula is C15H20O7. The molecule has 1 unspecified atom stereocenters. The van der Waals surface area contributed by atoms with E-state index in [1.807, 2.05) is 6.92 Å². The molecule has 1 aromatic carbocycles. The smallest absolute Gasteiger partial charge is 0.339 e. The monoisotopic (exact) mass is 312 g/mol. The molecule has 1 aliphatic heterocycles. The number of esters is 1. The molecule has 7 heteroatoms. The van der Waals surface area contributed by atoms with Crippen molar-refractivity contribution in [3.63, 3.8) is 0 Å². The molecule has 1 atom stereocenters. The Kier molecular flexibility index (Phi) is 5.46. The van der Waals surface area contributed by atoms with Gasteiger partial charge in [0.25, 0.3) is 0 Å². The van der Waals surface area contributed by atoms with E-state index in [1.54, 1.807) is 19.9 Å². The quantitative estimate of drug-likeness (QED) is 0.466. The number of benzene rings is 1. The zero-order valence-electron chi connectivity index (χ0n) is 12.9. The Bertz CT molecular complexity index is 541. The lowest BCUT2D eigenvalue weighted by Crippen LogP contribution is -2.16. The van der Waals surface area contributed by atoms with E-state index in [1.165, 1.54) is 0 Å². The molecule has 1 aliphatic rings. The summed E-state index contributed by atoms with van der Waals surface area (Å²) in [6.07, 6.45) is -1.47. The first-order valence-corrected chi connectivity index (χ1v) is 7.08. The Labute approximate surface area is 128 Å². The fraction of sp³-hybridized carbons (Fsp3) is 0.533. The molecule has 0 saturated heterocycles. The molecule has 2 rings (SSSR count). The lowest BCUT2D eigenvalue weighted by molar-refractivity contribution is -0.153. The van der Waals surface area contributed by atoms with Gasteiger partial charge in [-0.3, -0.25) is 0 Å². The van der Waals surface area contributed by atoms with E-state index >= 15 is 0 Å². The van der Waals surface area contributed by atoms with Gasteiger partial charge < -0.3 is 28.8 Å². The summed E-state index contributed by atoms with van der Waals surface area (Å²) >= 11 is 0. The third-order valence-corrected chi connectivity index (χ3v) is 3.18. The van der Waals surface area contributed by atoms with Crippen molar-refractivity contribution in [2.45, 2.75) is 26.9 Å². The minimum Gasteiger partial charge on any atom is -0.467 e. The molecule has 1 N–H and O–H groups in total. The highest BCUT2D eigenvalue weighted by molar-refractivity contribution is 5.79. The normalized spacial score (nSPS) is 13.8. The predicted octanol–water partition coefficient (Wildman–Crippen LogP) is 1.69. The Morgan fingerprint density at radius 3 is 2.73 bits per heavy atom. The van der Waals surface area contributed by atoms with Crippen molar-refractivity contribution in [3.8, 4) is 17.2 Å². The molecular weight excluding hydrogens is 292 g/mol. The number of carbonyl (C=O) groups is 1. The van der Waals surface area contributed by atoms with Crippen molar-refractivity contribution in [1.82, 2.24) is 0 Å². The van der Waals surface area contributed by atoms with Crippen LogP contribution in [-0.2, 0) is 14.3 Å². The van der Waals surface area contributed by atoms with Crippen LogP contribution in [0.5, 0.6) is 17.2 Å². The van der Waals surface area contributed by atoms with Crippen LogP contribution in [0, 0.1) is 6.92 Å². The van der Waals surface area contributed by atoms with E-state index < -0.39 is 12.1 Å². The molecule has 1 heterocycles.